The van der Waals surface area contributed by atoms with Crippen molar-refractivity contribution in [2.45, 2.75) is 46.6 Å². The van der Waals surface area contributed by atoms with Crippen molar-refractivity contribution >= 4 is 11.6 Å². The van der Waals surface area contributed by atoms with Crippen molar-refractivity contribution in [3.63, 3.8) is 0 Å². The maximum Gasteiger partial charge on any atom is 0.347 e. The monoisotopic (exact) mass is 460 g/mol. The molecule has 4 rings (SSSR count). The van der Waals surface area contributed by atoms with Crippen LogP contribution in [0.5, 0.6) is 5.75 Å². The van der Waals surface area contributed by atoms with Crippen LogP contribution in [0.15, 0.2) is 59.5 Å². The Morgan fingerprint density at radius 2 is 1.85 bits per heavy atom. The van der Waals surface area contributed by atoms with Gasteiger partial charge in [0.1, 0.15) is 5.69 Å². The molecule has 0 spiro atoms. The number of carbonyl (C=O) groups is 1. The Labute approximate surface area is 197 Å². The highest BCUT2D eigenvalue weighted by Gasteiger charge is 2.24. The van der Waals surface area contributed by atoms with Crippen molar-refractivity contribution in [2.75, 3.05) is 6.61 Å². The molecule has 1 atom stereocenters. The minimum absolute atomic E-state index is 0.256. The van der Waals surface area contributed by atoms with Gasteiger partial charge in [0.15, 0.2) is 17.5 Å². The predicted molar refractivity (Wildman–Crippen MR) is 129 cm³/mol. The second-order valence-corrected chi connectivity index (χ2v) is 8.01. The second-order valence-electron chi connectivity index (χ2n) is 8.01. The predicted octanol–water partition coefficient (Wildman–Crippen LogP) is 4.27. The standard InChI is InChI=1S/C26H28N4O4/c1-5-11-22(26(32)33-6-2)34-21-14-10-15-29-24(21)27-18(4)23(25(29)31)20-16-17(3)30(28-20)19-12-8-7-9-13-19/h7-10,12-16,22H,5-6,11H2,1-4H3/t22-/m1/s1. The van der Waals surface area contributed by atoms with E-state index in [1.807, 2.05) is 50.2 Å². The molecule has 0 fully saturated rings. The quantitative estimate of drug-likeness (QED) is 0.365. The first-order valence-corrected chi connectivity index (χ1v) is 11.4. The summed E-state index contributed by atoms with van der Waals surface area (Å²) in [5.74, 6) is -0.0734. The highest BCUT2D eigenvalue weighted by atomic mass is 16.6. The first kappa shape index (κ1) is 23.2. The van der Waals surface area contributed by atoms with Crippen LogP contribution < -0.4 is 10.3 Å². The topological polar surface area (TPSA) is 87.7 Å². The molecular weight excluding hydrogens is 432 g/mol. The Hall–Kier alpha value is -3.94. The minimum atomic E-state index is -0.766. The maximum atomic E-state index is 13.5. The number of hydrogen-bond acceptors (Lipinski definition) is 6. The molecule has 0 N–H and O–H groups in total. The largest absolute Gasteiger partial charge is 0.475 e. The summed E-state index contributed by atoms with van der Waals surface area (Å²) in [6, 6.07) is 15.0. The summed E-state index contributed by atoms with van der Waals surface area (Å²) in [5.41, 5.74) is 3.40. The Bertz CT molecular complexity index is 1380. The Kier molecular flexibility index (Phi) is 6.77. The molecule has 0 unspecified atom stereocenters. The van der Waals surface area contributed by atoms with Gasteiger partial charge in [0.2, 0.25) is 0 Å². The number of aryl methyl sites for hydroxylation is 2. The third kappa shape index (κ3) is 4.44. The molecule has 3 aromatic heterocycles. The molecule has 1 aromatic carbocycles. The molecule has 0 aliphatic heterocycles. The Morgan fingerprint density at radius 3 is 2.56 bits per heavy atom. The zero-order valence-electron chi connectivity index (χ0n) is 19.8. The van der Waals surface area contributed by atoms with Gasteiger partial charge in [0, 0.05) is 11.9 Å². The lowest BCUT2D eigenvalue weighted by Crippen LogP contribution is -2.30. The van der Waals surface area contributed by atoms with Gasteiger partial charge in [-0.2, -0.15) is 5.10 Å². The fraction of sp³-hybridized carbons (Fsp3) is 0.308. The van der Waals surface area contributed by atoms with Crippen LogP contribution in [0.3, 0.4) is 0 Å². The highest BCUT2D eigenvalue weighted by Crippen LogP contribution is 2.25. The third-order valence-electron chi connectivity index (χ3n) is 5.51. The fourth-order valence-corrected chi connectivity index (χ4v) is 3.93. The number of fused-ring (bicyclic) bond motifs is 1. The van der Waals surface area contributed by atoms with Gasteiger partial charge in [-0.15, -0.1) is 0 Å². The van der Waals surface area contributed by atoms with Crippen LogP contribution in [0, 0.1) is 13.8 Å². The van der Waals surface area contributed by atoms with Crippen LogP contribution >= 0.6 is 0 Å². The smallest absolute Gasteiger partial charge is 0.347 e. The van der Waals surface area contributed by atoms with Crippen LogP contribution in [0.1, 0.15) is 38.1 Å². The van der Waals surface area contributed by atoms with Crippen molar-refractivity contribution < 1.29 is 14.3 Å². The van der Waals surface area contributed by atoms with E-state index in [1.54, 1.807) is 36.9 Å². The van der Waals surface area contributed by atoms with E-state index in [0.717, 1.165) is 17.8 Å². The molecule has 0 radical (unpaired) electrons. The molecular formula is C26H28N4O4. The van der Waals surface area contributed by atoms with Gasteiger partial charge in [0.25, 0.3) is 5.56 Å². The highest BCUT2D eigenvalue weighted by molar-refractivity contribution is 5.75. The van der Waals surface area contributed by atoms with Crippen LogP contribution in [-0.2, 0) is 9.53 Å². The average molecular weight is 461 g/mol. The number of aromatic nitrogens is 4. The van der Waals surface area contributed by atoms with Crippen LogP contribution in [0.4, 0.5) is 0 Å². The zero-order valence-corrected chi connectivity index (χ0v) is 19.8. The van der Waals surface area contributed by atoms with Gasteiger partial charge < -0.3 is 9.47 Å². The molecule has 4 aromatic rings. The lowest BCUT2D eigenvalue weighted by molar-refractivity contribution is -0.151. The summed E-state index contributed by atoms with van der Waals surface area (Å²) in [5, 5.41) is 4.69. The summed E-state index contributed by atoms with van der Waals surface area (Å²) in [6.45, 7) is 7.71. The van der Waals surface area contributed by atoms with Crippen LogP contribution in [-0.4, -0.2) is 37.8 Å². The van der Waals surface area contributed by atoms with E-state index in [-0.39, 0.29) is 12.2 Å². The van der Waals surface area contributed by atoms with E-state index < -0.39 is 12.1 Å². The maximum absolute atomic E-state index is 13.5. The van der Waals surface area contributed by atoms with Crippen molar-refractivity contribution in [1.82, 2.24) is 19.2 Å². The first-order valence-electron chi connectivity index (χ1n) is 11.4. The number of carbonyl (C=O) groups excluding carboxylic acids is 1. The summed E-state index contributed by atoms with van der Waals surface area (Å²) in [4.78, 5) is 30.6. The molecule has 176 valence electrons. The minimum Gasteiger partial charge on any atom is -0.475 e. The number of pyridine rings is 1. The van der Waals surface area contributed by atoms with Gasteiger partial charge >= 0.3 is 5.97 Å². The molecule has 3 heterocycles. The number of rotatable bonds is 8. The summed E-state index contributed by atoms with van der Waals surface area (Å²) < 4.78 is 14.4. The lowest BCUT2D eigenvalue weighted by atomic mass is 10.1. The number of benzene rings is 1. The first-order chi connectivity index (χ1) is 16.4. The molecule has 34 heavy (non-hydrogen) atoms. The molecule has 8 nitrogen and oxygen atoms in total. The SMILES string of the molecule is CCC[C@@H](Oc1cccn2c(=O)c(-c3cc(C)n(-c4ccccc4)n3)c(C)nc12)C(=O)OCC. The van der Waals surface area contributed by atoms with Gasteiger partial charge in [-0.3, -0.25) is 9.20 Å². The summed E-state index contributed by atoms with van der Waals surface area (Å²) >= 11 is 0. The number of nitrogens with zero attached hydrogens (tertiary/aromatic N) is 4. The van der Waals surface area contributed by atoms with Gasteiger partial charge in [-0.05, 0) is 57.5 Å². The molecule has 0 saturated heterocycles. The van der Waals surface area contributed by atoms with Gasteiger partial charge in [-0.25, -0.2) is 14.5 Å². The lowest BCUT2D eigenvalue weighted by Gasteiger charge is -2.18. The van der Waals surface area contributed by atoms with E-state index in [1.165, 1.54) is 4.40 Å². The fourth-order valence-electron chi connectivity index (χ4n) is 3.93. The van der Waals surface area contributed by atoms with Gasteiger partial charge in [0.05, 0.1) is 23.6 Å². The molecule has 8 heteroatoms. The van der Waals surface area contributed by atoms with Gasteiger partial charge in [-0.1, -0.05) is 31.5 Å². The van der Waals surface area contributed by atoms with E-state index >= 15 is 0 Å². The number of hydrogen-bond donors (Lipinski definition) is 0. The van der Waals surface area contributed by atoms with Crippen molar-refractivity contribution in [3.05, 3.63) is 76.5 Å². The van der Waals surface area contributed by atoms with Crippen molar-refractivity contribution in [1.29, 1.82) is 0 Å². The van der Waals surface area contributed by atoms with E-state index in [9.17, 15) is 9.59 Å². The Morgan fingerprint density at radius 1 is 1.09 bits per heavy atom. The van der Waals surface area contributed by atoms with Crippen molar-refractivity contribution in [2.24, 2.45) is 0 Å². The van der Waals surface area contributed by atoms with Crippen LogP contribution in [0.25, 0.3) is 22.6 Å². The molecule has 0 amide bonds. The van der Waals surface area contributed by atoms with Crippen LogP contribution in [0.2, 0.25) is 0 Å². The number of para-hydroxylation sites is 1. The molecule has 0 aliphatic rings. The van der Waals surface area contributed by atoms with E-state index in [0.29, 0.717) is 34.8 Å². The third-order valence-corrected chi connectivity index (χ3v) is 5.51. The van der Waals surface area contributed by atoms with Crippen molar-refractivity contribution in [3.8, 4) is 22.7 Å². The summed E-state index contributed by atoms with van der Waals surface area (Å²) in [7, 11) is 0. The van der Waals surface area contributed by atoms with E-state index in [4.69, 9.17) is 9.47 Å². The normalized spacial score (nSPS) is 12.0. The van der Waals surface area contributed by atoms with E-state index in [2.05, 4.69) is 10.1 Å². The molecule has 0 bridgehead atoms. The zero-order chi connectivity index (χ0) is 24.2. The molecule has 0 saturated carbocycles. The molecule has 0 aliphatic carbocycles. The number of esters is 1. The Balaban J connectivity index is 1.78. The number of ether oxygens (including phenoxy) is 2. The summed E-state index contributed by atoms with van der Waals surface area (Å²) in [6.07, 6.45) is 2.11. The average Bonchev–Trinajstić information content (AvgIpc) is 3.21. The second kappa shape index (κ2) is 9.91.